The second-order valence-electron chi connectivity index (χ2n) is 11.1. The molecule has 0 aliphatic carbocycles. The Morgan fingerprint density at radius 2 is 1.16 bits per heavy atom. The highest BCUT2D eigenvalue weighted by molar-refractivity contribution is 7.89. The summed E-state index contributed by atoms with van der Waals surface area (Å²) in [6.07, 6.45) is 0. The zero-order valence-corrected chi connectivity index (χ0v) is 24.9. The van der Waals surface area contributed by atoms with Gasteiger partial charge in [-0.05, 0) is 47.0 Å². The number of likely N-dealkylation sites (N-methyl/N-ethyl adjacent to an activating group) is 1. The van der Waals surface area contributed by atoms with E-state index in [1.165, 1.54) is 4.31 Å². The Hall–Kier alpha value is -4.83. The normalized spacial score (nSPS) is 15.8. The largest absolute Gasteiger partial charge is 0.494 e. The van der Waals surface area contributed by atoms with Crippen LogP contribution in [0, 0.1) is 0 Å². The number of hydrogen-bond acceptors (Lipinski definition) is 5. The molecule has 2 aliphatic rings. The molecule has 1 aromatic heterocycles. The van der Waals surface area contributed by atoms with E-state index < -0.39 is 15.9 Å². The maximum Gasteiger partial charge on any atom is 0.280 e. The van der Waals surface area contributed by atoms with Crippen LogP contribution in [-0.2, 0) is 10.0 Å². The number of aromatic hydroxyl groups is 1. The molecule has 1 fully saturated rings. The molecule has 0 unspecified atom stereocenters. The molecule has 2 aliphatic heterocycles. The van der Waals surface area contributed by atoms with E-state index in [4.69, 9.17) is 0 Å². The molecule has 0 saturated carbocycles. The lowest BCUT2D eigenvalue weighted by Gasteiger charge is -2.31. The van der Waals surface area contributed by atoms with E-state index in [1.54, 1.807) is 24.3 Å². The summed E-state index contributed by atoms with van der Waals surface area (Å²) >= 11 is 0. The maximum absolute atomic E-state index is 13.1. The molecule has 0 atom stereocenters. The van der Waals surface area contributed by atoms with Gasteiger partial charge < -0.3 is 15.0 Å². The predicted octanol–water partition coefficient (Wildman–Crippen LogP) is 5.65. The Labute approximate surface area is 256 Å². The second-order valence-corrected chi connectivity index (χ2v) is 13.1. The molecule has 44 heavy (non-hydrogen) atoms. The number of nitrogens with zero attached hydrogens (tertiary/aromatic N) is 3. The fourth-order valence-corrected chi connectivity index (χ4v) is 7.27. The Morgan fingerprint density at radius 3 is 1.75 bits per heavy atom. The number of H-pyrrole nitrogens is 1. The standard InChI is InChI=1S/C35H30N4O4S/c1-38-19-21-39(22-20-38)44(42,43)29-17-15-26(16-18-29)25-9-13-28(14-10-25)33-31-30(34(40)37-33)32(36-35(31)41)27-11-7-24(8-12-27)23-5-3-2-4-6-23/h2-18,36,41H,19-22H2,1H3. The first-order valence-corrected chi connectivity index (χ1v) is 15.9. The number of nitrogens with one attached hydrogen (secondary N) is 1. The minimum absolute atomic E-state index is 0.104. The molecule has 1 saturated heterocycles. The SMILES string of the molecule is CN1CCN(S(=O)(=O)c2ccc(-c3ccc(C4=NC(=O)c5c(-c6ccc(-c7ccccc7)cc6)[nH]c(O)c54)cc3)cc2)CC1. The first-order valence-electron chi connectivity index (χ1n) is 14.4. The van der Waals surface area contributed by atoms with Crippen molar-refractivity contribution in [3.63, 3.8) is 0 Å². The predicted molar refractivity (Wildman–Crippen MR) is 171 cm³/mol. The fraction of sp³-hybridized carbons (Fsp3) is 0.143. The van der Waals surface area contributed by atoms with Gasteiger partial charge in [-0.3, -0.25) is 4.79 Å². The van der Waals surface area contributed by atoms with Crippen LogP contribution >= 0.6 is 0 Å². The van der Waals surface area contributed by atoms with Crippen molar-refractivity contribution in [2.24, 2.45) is 4.99 Å². The average Bonchev–Trinajstić information content (AvgIpc) is 3.59. The van der Waals surface area contributed by atoms with Crippen LogP contribution in [0.4, 0.5) is 0 Å². The average molecular weight is 603 g/mol. The van der Waals surface area contributed by atoms with Crippen molar-refractivity contribution in [1.29, 1.82) is 0 Å². The van der Waals surface area contributed by atoms with Crippen molar-refractivity contribution in [2.45, 2.75) is 4.90 Å². The van der Waals surface area contributed by atoms with Crippen LogP contribution in [0.15, 0.2) is 113 Å². The van der Waals surface area contributed by atoms with Crippen molar-refractivity contribution in [2.75, 3.05) is 33.2 Å². The molecule has 7 rings (SSSR count). The number of amides is 1. The third-order valence-corrected chi connectivity index (χ3v) is 10.3. The van der Waals surface area contributed by atoms with Gasteiger partial charge in [0, 0.05) is 31.7 Å². The maximum atomic E-state index is 13.1. The van der Waals surface area contributed by atoms with Gasteiger partial charge in [-0.1, -0.05) is 91.0 Å². The van der Waals surface area contributed by atoms with E-state index in [2.05, 4.69) is 14.9 Å². The topological polar surface area (TPSA) is 106 Å². The lowest BCUT2D eigenvalue weighted by Crippen LogP contribution is -2.46. The van der Waals surface area contributed by atoms with Gasteiger partial charge in [0.2, 0.25) is 10.0 Å². The number of aliphatic imine (C=N–C) groups is 1. The van der Waals surface area contributed by atoms with Crippen LogP contribution < -0.4 is 0 Å². The third kappa shape index (κ3) is 4.94. The third-order valence-electron chi connectivity index (χ3n) is 8.37. The highest BCUT2D eigenvalue weighted by Gasteiger charge is 2.33. The van der Waals surface area contributed by atoms with Crippen LogP contribution in [0.25, 0.3) is 33.5 Å². The Kier molecular flexibility index (Phi) is 7.01. The lowest BCUT2D eigenvalue weighted by molar-refractivity contribution is 0.101. The fourth-order valence-electron chi connectivity index (χ4n) is 5.85. The molecular weight excluding hydrogens is 572 g/mol. The molecule has 4 aromatic carbocycles. The summed E-state index contributed by atoms with van der Waals surface area (Å²) in [5.74, 6) is -0.511. The minimum atomic E-state index is -3.54. The van der Waals surface area contributed by atoms with Crippen molar-refractivity contribution < 1.29 is 18.3 Å². The van der Waals surface area contributed by atoms with Crippen LogP contribution in [0.3, 0.4) is 0 Å². The smallest absolute Gasteiger partial charge is 0.280 e. The monoisotopic (exact) mass is 602 g/mol. The number of carbonyl (C=O) groups excluding carboxylic acids is 1. The van der Waals surface area contributed by atoms with Crippen molar-refractivity contribution in [1.82, 2.24) is 14.2 Å². The van der Waals surface area contributed by atoms with Gasteiger partial charge in [-0.2, -0.15) is 4.31 Å². The Bertz CT molecular complexity index is 1990. The first kappa shape index (κ1) is 28.0. The molecule has 1 amide bonds. The van der Waals surface area contributed by atoms with Gasteiger partial charge in [0.25, 0.3) is 5.91 Å². The van der Waals surface area contributed by atoms with Crippen molar-refractivity contribution in [3.8, 4) is 39.4 Å². The molecular formula is C35H30N4O4S. The molecule has 220 valence electrons. The number of aromatic nitrogens is 1. The minimum Gasteiger partial charge on any atom is -0.494 e. The number of sulfonamides is 1. The van der Waals surface area contributed by atoms with Crippen LogP contribution in [0.1, 0.15) is 21.5 Å². The Morgan fingerprint density at radius 1 is 0.659 bits per heavy atom. The van der Waals surface area contributed by atoms with Gasteiger partial charge in [0.05, 0.1) is 27.4 Å². The summed E-state index contributed by atoms with van der Waals surface area (Å²) in [6.45, 7) is 2.39. The summed E-state index contributed by atoms with van der Waals surface area (Å²) < 4.78 is 27.7. The van der Waals surface area contributed by atoms with E-state index in [0.717, 1.165) is 27.8 Å². The summed E-state index contributed by atoms with van der Waals surface area (Å²) in [7, 11) is -1.55. The van der Waals surface area contributed by atoms with E-state index >= 15 is 0 Å². The zero-order chi connectivity index (χ0) is 30.4. The molecule has 0 bridgehead atoms. The number of benzene rings is 4. The van der Waals surface area contributed by atoms with Gasteiger partial charge in [-0.15, -0.1) is 0 Å². The molecule has 5 aromatic rings. The zero-order valence-electron chi connectivity index (χ0n) is 24.1. The van der Waals surface area contributed by atoms with E-state index in [1.807, 2.05) is 85.9 Å². The quantitative estimate of drug-likeness (QED) is 0.261. The van der Waals surface area contributed by atoms with Gasteiger partial charge in [0.1, 0.15) is 0 Å². The van der Waals surface area contributed by atoms with Crippen LogP contribution in [-0.4, -0.2) is 72.6 Å². The molecule has 8 nitrogen and oxygen atoms in total. The van der Waals surface area contributed by atoms with E-state index in [9.17, 15) is 18.3 Å². The number of rotatable bonds is 6. The number of piperazine rings is 1. The Balaban J connectivity index is 1.12. The molecule has 3 heterocycles. The number of hydrogen-bond donors (Lipinski definition) is 2. The van der Waals surface area contributed by atoms with Crippen LogP contribution in [0.2, 0.25) is 0 Å². The molecule has 0 spiro atoms. The van der Waals surface area contributed by atoms with Crippen LogP contribution in [0.5, 0.6) is 5.88 Å². The lowest BCUT2D eigenvalue weighted by atomic mass is 9.97. The molecule has 0 radical (unpaired) electrons. The summed E-state index contributed by atoms with van der Waals surface area (Å²) in [4.78, 5) is 22.8. The van der Waals surface area contributed by atoms with Crippen molar-refractivity contribution >= 4 is 21.6 Å². The van der Waals surface area contributed by atoms with Crippen molar-refractivity contribution in [3.05, 3.63) is 120 Å². The van der Waals surface area contributed by atoms with Gasteiger partial charge in [-0.25, -0.2) is 13.4 Å². The number of aromatic amines is 1. The van der Waals surface area contributed by atoms with Gasteiger partial charge in [0.15, 0.2) is 5.88 Å². The van der Waals surface area contributed by atoms with E-state index in [0.29, 0.717) is 54.3 Å². The second kappa shape index (κ2) is 11.0. The van der Waals surface area contributed by atoms with Gasteiger partial charge >= 0.3 is 0 Å². The molecule has 2 N–H and O–H groups in total. The first-order chi connectivity index (χ1) is 21.3. The highest BCUT2D eigenvalue weighted by atomic mass is 32.2. The summed E-state index contributed by atoms with van der Waals surface area (Å²) in [6, 6.07) is 32.3. The highest BCUT2D eigenvalue weighted by Crippen LogP contribution is 2.39. The number of fused-ring (bicyclic) bond motifs is 1. The summed E-state index contributed by atoms with van der Waals surface area (Å²) in [5.41, 5.74) is 7.05. The molecule has 9 heteroatoms. The number of carbonyl (C=O) groups is 1. The van der Waals surface area contributed by atoms with E-state index in [-0.39, 0.29) is 10.8 Å². The summed E-state index contributed by atoms with van der Waals surface area (Å²) in [5, 5.41) is 10.9.